The SMILES string of the molecule is O=C(Nc1ccc(N2CCCC2)c(F)c1)c1cccc2ccccc12. The third-order valence-electron chi connectivity index (χ3n) is 4.69. The number of carbonyl (C=O) groups excluding carboxylic acids is 1. The van der Waals surface area contributed by atoms with Crippen molar-refractivity contribution in [3.8, 4) is 0 Å². The largest absolute Gasteiger partial charge is 0.369 e. The highest BCUT2D eigenvalue weighted by Gasteiger charge is 2.17. The Hall–Kier alpha value is -2.88. The zero-order valence-electron chi connectivity index (χ0n) is 13.8. The molecule has 0 bridgehead atoms. The van der Waals surface area contributed by atoms with Gasteiger partial charge in [-0.3, -0.25) is 4.79 Å². The summed E-state index contributed by atoms with van der Waals surface area (Å²) in [6.45, 7) is 1.78. The van der Waals surface area contributed by atoms with Crippen LogP contribution in [0.1, 0.15) is 23.2 Å². The number of amides is 1. The van der Waals surface area contributed by atoms with Gasteiger partial charge in [0.25, 0.3) is 5.91 Å². The standard InChI is InChI=1S/C21H19FN2O/c22-19-14-16(10-11-20(19)24-12-3-4-13-24)23-21(25)18-9-5-7-15-6-1-2-8-17(15)18/h1-2,5-11,14H,3-4,12-13H2,(H,23,25). The molecule has 1 fully saturated rings. The Labute approximate surface area is 146 Å². The molecule has 0 aliphatic carbocycles. The van der Waals surface area contributed by atoms with E-state index in [1.807, 2.05) is 41.3 Å². The summed E-state index contributed by atoms with van der Waals surface area (Å²) in [6, 6.07) is 18.3. The summed E-state index contributed by atoms with van der Waals surface area (Å²) in [5.41, 5.74) is 1.67. The van der Waals surface area contributed by atoms with E-state index in [-0.39, 0.29) is 11.7 Å². The van der Waals surface area contributed by atoms with Crippen LogP contribution in [0.4, 0.5) is 15.8 Å². The average molecular weight is 334 g/mol. The van der Waals surface area contributed by atoms with Crippen molar-refractivity contribution in [2.75, 3.05) is 23.3 Å². The number of hydrogen-bond donors (Lipinski definition) is 1. The molecular weight excluding hydrogens is 315 g/mol. The van der Waals surface area contributed by atoms with E-state index in [2.05, 4.69) is 5.32 Å². The maximum Gasteiger partial charge on any atom is 0.256 e. The smallest absolute Gasteiger partial charge is 0.256 e. The minimum absolute atomic E-state index is 0.231. The van der Waals surface area contributed by atoms with E-state index in [1.54, 1.807) is 18.2 Å². The fourth-order valence-corrected chi connectivity index (χ4v) is 3.42. The minimum Gasteiger partial charge on any atom is -0.369 e. The van der Waals surface area contributed by atoms with Crippen LogP contribution >= 0.6 is 0 Å². The maximum absolute atomic E-state index is 14.4. The van der Waals surface area contributed by atoms with Gasteiger partial charge in [0.1, 0.15) is 5.82 Å². The van der Waals surface area contributed by atoms with Gasteiger partial charge in [-0.2, -0.15) is 0 Å². The van der Waals surface area contributed by atoms with Gasteiger partial charge in [-0.15, -0.1) is 0 Å². The quantitative estimate of drug-likeness (QED) is 0.744. The Morgan fingerprint density at radius 1 is 0.960 bits per heavy atom. The lowest BCUT2D eigenvalue weighted by molar-refractivity contribution is 0.102. The third-order valence-corrected chi connectivity index (χ3v) is 4.69. The van der Waals surface area contributed by atoms with Gasteiger partial charge in [0.05, 0.1) is 5.69 Å². The maximum atomic E-state index is 14.4. The molecule has 3 aromatic carbocycles. The van der Waals surface area contributed by atoms with Gasteiger partial charge in [0.2, 0.25) is 0 Å². The summed E-state index contributed by atoms with van der Waals surface area (Å²) in [5, 5.41) is 4.70. The summed E-state index contributed by atoms with van der Waals surface area (Å²) in [7, 11) is 0. The van der Waals surface area contributed by atoms with E-state index < -0.39 is 0 Å². The van der Waals surface area contributed by atoms with Gasteiger partial charge in [0, 0.05) is 24.3 Å². The van der Waals surface area contributed by atoms with Crippen molar-refractivity contribution in [3.63, 3.8) is 0 Å². The topological polar surface area (TPSA) is 32.3 Å². The number of hydrogen-bond acceptors (Lipinski definition) is 2. The first kappa shape index (κ1) is 15.6. The second-order valence-corrected chi connectivity index (χ2v) is 6.34. The van der Waals surface area contributed by atoms with Crippen LogP contribution in [0.3, 0.4) is 0 Å². The van der Waals surface area contributed by atoms with Crippen LogP contribution in [-0.2, 0) is 0 Å². The van der Waals surface area contributed by atoms with Gasteiger partial charge >= 0.3 is 0 Å². The second-order valence-electron chi connectivity index (χ2n) is 6.34. The predicted molar refractivity (Wildman–Crippen MR) is 99.7 cm³/mol. The first-order chi connectivity index (χ1) is 12.2. The van der Waals surface area contributed by atoms with E-state index >= 15 is 0 Å². The molecule has 1 amide bonds. The van der Waals surface area contributed by atoms with Crippen molar-refractivity contribution in [1.29, 1.82) is 0 Å². The van der Waals surface area contributed by atoms with Crippen molar-refractivity contribution in [1.82, 2.24) is 0 Å². The lowest BCUT2D eigenvalue weighted by atomic mass is 10.0. The number of halogens is 1. The molecule has 3 aromatic rings. The Bertz CT molecular complexity index is 927. The third kappa shape index (κ3) is 3.07. The molecule has 1 N–H and O–H groups in total. The first-order valence-corrected chi connectivity index (χ1v) is 8.56. The van der Waals surface area contributed by atoms with Gasteiger partial charge in [-0.05, 0) is 47.9 Å². The molecule has 1 heterocycles. The van der Waals surface area contributed by atoms with Crippen molar-refractivity contribution >= 4 is 28.1 Å². The molecule has 0 aromatic heterocycles. The Morgan fingerprint density at radius 3 is 2.52 bits per heavy atom. The number of carbonyl (C=O) groups is 1. The molecule has 1 aliphatic rings. The van der Waals surface area contributed by atoms with Crippen LogP contribution in [0.2, 0.25) is 0 Å². The number of fused-ring (bicyclic) bond motifs is 1. The van der Waals surface area contributed by atoms with Crippen molar-refractivity contribution in [3.05, 3.63) is 72.0 Å². The van der Waals surface area contributed by atoms with E-state index in [0.29, 0.717) is 16.9 Å². The molecule has 1 aliphatic heterocycles. The zero-order valence-corrected chi connectivity index (χ0v) is 13.8. The molecule has 0 unspecified atom stereocenters. The van der Waals surface area contributed by atoms with E-state index in [0.717, 1.165) is 36.7 Å². The summed E-state index contributed by atoms with van der Waals surface area (Å²) >= 11 is 0. The minimum atomic E-state index is -0.294. The second kappa shape index (κ2) is 6.55. The van der Waals surface area contributed by atoms with Gasteiger partial charge in [-0.25, -0.2) is 4.39 Å². The summed E-state index contributed by atoms with van der Waals surface area (Å²) in [6.07, 6.45) is 2.19. The van der Waals surface area contributed by atoms with Crippen molar-refractivity contribution in [2.45, 2.75) is 12.8 Å². The number of nitrogens with zero attached hydrogens (tertiary/aromatic N) is 1. The molecule has 4 heteroatoms. The average Bonchev–Trinajstić information content (AvgIpc) is 3.15. The fraction of sp³-hybridized carbons (Fsp3) is 0.190. The van der Waals surface area contributed by atoms with Gasteiger partial charge in [0.15, 0.2) is 0 Å². The summed E-state index contributed by atoms with van der Waals surface area (Å²) in [5.74, 6) is -0.525. The Morgan fingerprint density at radius 2 is 1.72 bits per heavy atom. The lowest BCUT2D eigenvalue weighted by Gasteiger charge is -2.19. The molecule has 0 radical (unpaired) electrons. The highest BCUT2D eigenvalue weighted by atomic mass is 19.1. The lowest BCUT2D eigenvalue weighted by Crippen LogP contribution is -2.19. The van der Waals surface area contributed by atoms with E-state index in [1.165, 1.54) is 6.07 Å². The zero-order chi connectivity index (χ0) is 17.2. The number of rotatable bonds is 3. The highest BCUT2D eigenvalue weighted by molar-refractivity contribution is 6.12. The van der Waals surface area contributed by atoms with Crippen LogP contribution in [0.25, 0.3) is 10.8 Å². The molecular formula is C21H19FN2O. The number of nitrogens with one attached hydrogen (secondary N) is 1. The Kier molecular flexibility index (Phi) is 4.10. The normalized spacial score (nSPS) is 14.0. The summed E-state index contributed by atoms with van der Waals surface area (Å²) < 4.78 is 14.4. The van der Waals surface area contributed by atoms with Crippen LogP contribution in [0.5, 0.6) is 0 Å². The Balaban J connectivity index is 1.59. The fourth-order valence-electron chi connectivity index (χ4n) is 3.42. The van der Waals surface area contributed by atoms with Crippen LogP contribution in [0.15, 0.2) is 60.7 Å². The van der Waals surface area contributed by atoms with Crippen molar-refractivity contribution in [2.24, 2.45) is 0 Å². The molecule has 3 nitrogen and oxygen atoms in total. The molecule has 0 saturated carbocycles. The molecule has 25 heavy (non-hydrogen) atoms. The van der Waals surface area contributed by atoms with Crippen molar-refractivity contribution < 1.29 is 9.18 Å². The predicted octanol–water partition coefficient (Wildman–Crippen LogP) is 4.83. The van der Waals surface area contributed by atoms with Gasteiger partial charge in [-0.1, -0.05) is 36.4 Å². The summed E-state index contributed by atoms with van der Waals surface area (Å²) in [4.78, 5) is 14.7. The molecule has 0 spiro atoms. The highest BCUT2D eigenvalue weighted by Crippen LogP contribution is 2.27. The number of anilines is 2. The van der Waals surface area contributed by atoms with E-state index in [4.69, 9.17) is 0 Å². The van der Waals surface area contributed by atoms with E-state index in [9.17, 15) is 9.18 Å². The molecule has 1 saturated heterocycles. The van der Waals surface area contributed by atoms with Crippen LogP contribution in [0, 0.1) is 5.82 Å². The number of benzene rings is 3. The van der Waals surface area contributed by atoms with Gasteiger partial charge < -0.3 is 10.2 Å². The van der Waals surface area contributed by atoms with Crippen LogP contribution < -0.4 is 10.2 Å². The monoisotopic (exact) mass is 334 g/mol. The first-order valence-electron chi connectivity index (χ1n) is 8.56. The molecule has 0 atom stereocenters. The molecule has 126 valence electrons. The van der Waals surface area contributed by atoms with Crippen LogP contribution in [-0.4, -0.2) is 19.0 Å². The molecule has 4 rings (SSSR count).